The molecule has 1 aromatic heterocycles. The van der Waals surface area contributed by atoms with Crippen LogP contribution in [0.5, 0.6) is 0 Å². The fraction of sp³-hybridized carbons (Fsp3) is 0. The SMILES string of the molecule is O=Cc1c(-c2cc(F)ccc2F)nn(-c2ccccc2F)c1Br. The minimum Gasteiger partial charge on any atom is -0.298 e. The van der Waals surface area contributed by atoms with Gasteiger partial charge in [0.25, 0.3) is 0 Å². The molecule has 0 unspecified atom stereocenters. The maximum absolute atomic E-state index is 14.0. The molecule has 3 nitrogen and oxygen atoms in total. The van der Waals surface area contributed by atoms with Gasteiger partial charge in [0.05, 0.1) is 5.56 Å². The lowest BCUT2D eigenvalue weighted by Gasteiger charge is -2.04. The first kappa shape index (κ1) is 15.5. The summed E-state index contributed by atoms with van der Waals surface area (Å²) in [6, 6.07) is 8.61. The predicted octanol–water partition coefficient (Wildman–Crippen LogP) is 4.53. The first-order valence-electron chi connectivity index (χ1n) is 6.47. The highest BCUT2D eigenvalue weighted by molar-refractivity contribution is 9.10. The van der Waals surface area contributed by atoms with Gasteiger partial charge in [0.15, 0.2) is 6.29 Å². The van der Waals surface area contributed by atoms with Crippen molar-refractivity contribution in [1.29, 1.82) is 0 Å². The first-order valence-corrected chi connectivity index (χ1v) is 7.26. The van der Waals surface area contributed by atoms with Crippen molar-refractivity contribution >= 4 is 22.2 Å². The molecule has 0 N–H and O–H groups in total. The van der Waals surface area contributed by atoms with Crippen LogP contribution in [-0.2, 0) is 0 Å². The van der Waals surface area contributed by atoms with E-state index in [1.54, 1.807) is 6.07 Å². The van der Waals surface area contributed by atoms with Crippen LogP contribution in [-0.4, -0.2) is 16.1 Å². The number of rotatable bonds is 3. The van der Waals surface area contributed by atoms with Gasteiger partial charge < -0.3 is 0 Å². The second-order valence-corrected chi connectivity index (χ2v) is 5.41. The first-order chi connectivity index (χ1) is 11.0. The van der Waals surface area contributed by atoms with E-state index in [1.165, 1.54) is 18.2 Å². The molecular weight excluding hydrogens is 373 g/mol. The number of para-hydroxylation sites is 1. The van der Waals surface area contributed by atoms with Crippen molar-refractivity contribution in [2.24, 2.45) is 0 Å². The van der Waals surface area contributed by atoms with Crippen LogP contribution < -0.4 is 0 Å². The smallest absolute Gasteiger partial charge is 0.155 e. The number of nitrogens with zero attached hydrogens (tertiary/aromatic N) is 2. The third kappa shape index (κ3) is 2.68. The third-order valence-corrected chi connectivity index (χ3v) is 4.01. The van der Waals surface area contributed by atoms with E-state index in [-0.39, 0.29) is 27.1 Å². The van der Waals surface area contributed by atoms with Gasteiger partial charge in [-0.1, -0.05) is 12.1 Å². The molecule has 0 amide bonds. The van der Waals surface area contributed by atoms with E-state index in [4.69, 9.17) is 0 Å². The van der Waals surface area contributed by atoms with Crippen LogP contribution in [0.25, 0.3) is 16.9 Å². The molecule has 7 heteroatoms. The molecule has 0 bridgehead atoms. The van der Waals surface area contributed by atoms with Gasteiger partial charge in [0, 0.05) is 5.56 Å². The maximum atomic E-state index is 14.0. The average molecular weight is 381 g/mol. The molecule has 3 aromatic rings. The van der Waals surface area contributed by atoms with Crippen LogP contribution in [0, 0.1) is 17.5 Å². The molecule has 1 heterocycles. The summed E-state index contributed by atoms with van der Waals surface area (Å²) in [6.45, 7) is 0. The van der Waals surface area contributed by atoms with Crippen molar-refractivity contribution in [3.8, 4) is 16.9 Å². The molecule has 0 saturated heterocycles. The Morgan fingerprint density at radius 1 is 1.04 bits per heavy atom. The number of aldehydes is 1. The highest BCUT2D eigenvalue weighted by Gasteiger charge is 2.22. The number of carbonyl (C=O) groups is 1. The van der Waals surface area contributed by atoms with E-state index < -0.39 is 17.5 Å². The predicted molar refractivity (Wildman–Crippen MR) is 82.0 cm³/mol. The van der Waals surface area contributed by atoms with Crippen molar-refractivity contribution in [3.05, 3.63) is 70.1 Å². The summed E-state index contributed by atoms with van der Waals surface area (Å²) in [6.07, 6.45) is 0.452. The Hall–Kier alpha value is -2.41. The fourth-order valence-corrected chi connectivity index (χ4v) is 2.73. The van der Waals surface area contributed by atoms with Crippen LogP contribution in [0.4, 0.5) is 13.2 Å². The second kappa shape index (κ2) is 6.00. The standard InChI is InChI=1S/C16H8BrF3N2O/c17-16-11(8-23)15(10-7-9(18)5-6-12(10)19)21-22(16)14-4-2-1-3-13(14)20/h1-8H. The molecule has 0 fully saturated rings. The average Bonchev–Trinajstić information content (AvgIpc) is 2.86. The van der Waals surface area contributed by atoms with E-state index in [1.807, 2.05) is 0 Å². The molecule has 3 rings (SSSR count). The monoisotopic (exact) mass is 380 g/mol. The molecule has 0 spiro atoms. The summed E-state index contributed by atoms with van der Waals surface area (Å²) in [5.41, 5.74) is -0.182. The Kier molecular flexibility index (Phi) is 4.04. The Morgan fingerprint density at radius 2 is 1.78 bits per heavy atom. The lowest BCUT2D eigenvalue weighted by atomic mass is 10.1. The molecule has 23 heavy (non-hydrogen) atoms. The lowest BCUT2D eigenvalue weighted by Crippen LogP contribution is -2.00. The summed E-state index contributed by atoms with van der Waals surface area (Å²) in [5, 5.41) is 4.08. The van der Waals surface area contributed by atoms with Crippen LogP contribution in [0.1, 0.15) is 10.4 Å². The lowest BCUT2D eigenvalue weighted by molar-refractivity contribution is 0.112. The molecule has 0 radical (unpaired) electrons. The Labute approximate surface area is 137 Å². The van der Waals surface area contributed by atoms with E-state index in [2.05, 4.69) is 21.0 Å². The van der Waals surface area contributed by atoms with Crippen molar-refractivity contribution in [2.45, 2.75) is 0 Å². The summed E-state index contributed by atoms with van der Waals surface area (Å²) >= 11 is 3.16. The second-order valence-electron chi connectivity index (χ2n) is 4.66. The number of aromatic nitrogens is 2. The van der Waals surface area contributed by atoms with Crippen LogP contribution in [0.15, 0.2) is 47.1 Å². The van der Waals surface area contributed by atoms with Gasteiger partial charge in [0.2, 0.25) is 0 Å². The molecular formula is C16H8BrF3N2O. The number of halogens is 4. The Balaban J connectivity index is 2.28. The van der Waals surface area contributed by atoms with Crippen molar-refractivity contribution in [1.82, 2.24) is 9.78 Å². The van der Waals surface area contributed by atoms with E-state index in [0.717, 1.165) is 22.9 Å². The normalized spacial score (nSPS) is 10.8. The van der Waals surface area contributed by atoms with Crippen LogP contribution >= 0.6 is 15.9 Å². The summed E-state index contributed by atoms with van der Waals surface area (Å²) in [4.78, 5) is 11.4. The van der Waals surface area contributed by atoms with Crippen molar-refractivity contribution in [3.63, 3.8) is 0 Å². The number of carbonyl (C=O) groups excluding carboxylic acids is 1. The fourth-order valence-electron chi connectivity index (χ4n) is 2.18. The highest BCUT2D eigenvalue weighted by atomic mass is 79.9. The molecule has 0 aliphatic carbocycles. The summed E-state index contributed by atoms with van der Waals surface area (Å²) < 4.78 is 42.6. The van der Waals surface area contributed by atoms with Gasteiger partial charge in [0.1, 0.15) is 33.4 Å². The maximum Gasteiger partial charge on any atom is 0.155 e. The topological polar surface area (TPSA) is 34.9 Å². The van der Waals surface area contributed by atoms with Crippen LogP contribution in [0.3, 0.4) is 0 Å². The number of benzene rings is 2. The molecule has 0 aliphatic rings. The van der Waals surface area contributed by atoms with E-state index >= 15 is 0 Å². The molecule has 0 atom stereocenters. The largest absolute Gasteiger partial charge is 0.298 e. The highest BCUT2D eigenvalue weighted by Crippen LogP contribution is 2.32. The van der Waals surface area contributed by atoms with Gasteiger partial charge >= 0.3 is 0 Å². The minimum atomic E-state index is -0.736. The zero-order valence-corrected chi connectivity index (χ0v) is 13.0. The molecule has 0 aliphatic heterocycles. The summed E-state index contributed by atoms with van der Waals surface area (Å²) in [7, 11) is 0. The third-order valence-electron chi connectivity index (χ3n) is 3.25. The van der Waals surface area contributed by atoms with Crippen molar-refractivity contribution in [2.75, 3.05) is 0 Å². The Morgan fingerprint density at radius 3 is 2.48 bits per heavy atom. The quantitative estimate of drug-likeness (QED) is 0.625. The van der Waals surface area contributed by atoms with Gasteiger partial charge in [-0.3, -0.25) is 4.79 Å². The summed E-state index contributed by atoms with van der Waals surface area (Å²) in [5.74, 6) is -1.98. The zero-order chi connectivity index (χ0) is 16.6. The van der Waals surface area contributed by atoms with Crippen molar-refractivity contribution < 1.29 is 18.0 Å². The van der Waals surface area contributed by atoms with E-state index in [0.29, 0.717) is 6.29 Å². The van der Waals surface area contributed by atoms with Gasteiger partial charge in [-0.25, -0.2) is 17.9 Å². The van der Waals surface area contributed by atoms with Gasteiger partial charge in [-0.15, -0.1) is 0 Å². The number of hydrogen-bond acceptors (Lipinski definition) is 2. The van der Waals surface area contributed by atoms with Gasteiger partial charge in [-0.05, 0) is 46.3 Å². The van der Waals surface area contributed by atoms with Gasteiger partial charge in [-0.2, -0.15) is 5.10 Å². The minimum absolute atomic E-state index is 0.00208. The Bertz CT molecular complexity index is 908. The van der Waals surface area contributed by atoms with Crippen LogP contribution in [0.2, 0.25) is 0 Å². The zero-order valence-electron chi connectivity index (χ0n) is 11.4. The molecule has 116 valence electrons. The molecule has 2 aromatic carbocycles. The molecule has 0 saturated carbocycles. The number of hydrogen-bond donors (Lipinski definition) is 0. The van der Waals surface area contributed by atoms with E-state index in [9.17, 15) is 18.0 Å².